The highest BCUT2D eigenvalue weighted by atomic mass is 19.4. The SMILES string of the molecule is Cc1ccc(NC(=O)C(=O)NCCCO)cc1C(F)(F)F. The molecule has 21 heavy (non-hydrogen) atoms. The number of halogens is 3. The smallest absolute Gasteiger partial charge is 0.396 e. The molecular formula is C13H15F3N2O3. The normalized spacial score (nSPS) is 11.1. The Balaban J connectivity index is 2.75. The molecule has 116 valence electrons. The van der Waals surface area contributed by atoms with E-state index in [9.17, 15) is 22.8 Å². The van der Waals surface area contributed by atoms with Gasteiger partial charge in [0.1, 0.15) is 0 Å². The second-order valence-electron chi connectivity index (χ2n) is 4.31. The second kappa shape index (κ2) is 7.07. The van der Waals surface area contributed by atoms with Crippen LogP contribution in [0.1, 0.15) is 17.5 Å². The van der Waals surface area contributed by atoms with Crippen molar-refractivity contribution in [2.45, 2.75) is 19.5 Å². The lowest BCUT2D eigenvalue weighted by atomic mass is 10.1. The largest absolute Gasteiger partial charge is 0.416 e. The molecule has 0 saturated carbocycles. The van der Waals surface area contributed by atoms with Crippen LogP contribution in [0.4, 0.5) is 18.9 Å². The van der Waals surface area contributed by atoms with Gasteiger partial charge in [0.2, 0.25) is 0 Å². The summed E-state index contributed by atoms with van der Waals surface area (Å²) in [5, 5.41) is 12.8. The highest BCUT2D eigenvalue weighted by Crippen LogP contribution is 2.33. The Bertz CT molecular complexity index is 530. The number of hydrogen-bond acceptors (Lipinski definition) is 3. The van der Waals surface area contributed by atoms with Gasteiger partial charge in [-0.2, -0.15) is 13.2 Å². The Morgan fingerprint density at radius 2 is 1.90 bits per heavy atom. The van der Waals surface area contributed by atoms with Crippen molar-refractivity contribution in [3.05, 3.63) is 29.3 Å². The van der Waals surface area contributed by atoms with Crippen LogP contribution in [0.3, 0.4) is 0 Å². The molecule has 0 radical (unpaired) electrons. The number of aliphatic hydroxyl groups excluding tert-OH is 1. The summed E-state index contributed by atoms with van der Waals surface area (Å²) in [7, 11) is 0. The molecule has 0 unspecified atom stereocenters. The third-order valence-corrected chi connectivity index (χ3v) is 2.63. The number of benzene rings is 1. The number of amides is 2. The molecule has 0 atom stereocenters. The molecule has 0 heterocycles. The van der Waals surface area contributed by atoms with Gasteiger partial charge in [0.05, 0.1) is 5.56 Å². The highest BCUT2D eigenvalue weighted by Gasteiger charge is 2.32. The van der Waals surface area contributed by atoms with E-state index in [-0.39, 0.29) is 30.8 Å². The molecule has 0 bridgehead atoms. The van der Waals surface area contributed by atoms with Gasteiger partial charge in [-0.15, -0.1) is 0 Å². The molecule has 8 heteroatoms. The van der Waals surface area contributed by atoms with Crippen LogP contribution in [0.2, 0.25) is 0 Å². The Kier molecular flexibility index (Phi) is 5.71. The minimum absolute atomic E-state index is 0.0212. The first kappa shape index (κ1) is 17.0. The van der Waals surface area contributed by atoms with Gasteiger partial charge in [-0.05, 0) is 31.0 Å². The zero-order chi connectivity index (χ0) is 16.0. The third-order valence-electron chi connectivity index (χ3n) is 2.63. The fourth-order valence-corrected chi connectivity index (χ4v) is 1.55. The number of rotatable bonds is 4. The number of anilines is 1. The van der Waals surface area contributed by atoms with E-state index < -0.39 is 23.6 Å². The zero-order valence-corrected chi connectivity index (χ0v) is 11.3. The molecule has 1 aromatic carbocycles. The van der Waals surface area contributed by atoms with Crippen LogP contribution in [0.25, 0.3) is 0 Å². The van der Waals surface area contributed by atoms with Crippen molar-refractivity contribution >= 4 is 17.5 Å². The van der Waals surface area contributed by atoms with Crippen LogP contribution in [-0.2, 0) is 15.8 Å². The van der Waals surface area contributed by atoms with Crippen molar-refractivity contribution in [2.75, 3.05) is 18.5 Å². The summed E-state index contributed by atoms with van der Waals surface area (Å²) in [6, 6.07) is 3.26. The standard InChI is InChI=1S/C13H15F3N2O3/c1-8-3-4-9(7-10(8)13(14,15)16)18-12(21)11(20)17-5-2-6-19/h3-4,7,19H,2,5-6H2,1H3,(H,17,20)(H,18,21). The Morgan fingerprint density at radius 3 is 2.48 bits per heavy atom. The molecule has 0 aromatic heterocycles. The third kappa shape index (κ3) is 5.07. The Morgan fingerprint density at radius 1 is 1.24 bits per heavy atom. The number of nitrogens with one attached hydrogen (secondary N) is 2. The summed E-state index contributed by atoms with van der Waals surface area (Å²) in [5.74, 6) is -2.04. The lowest BCUT2D eigenvalue weighted by molar-refractivity contribution is -0.138. The van der Waals surface area contributed by atoms with E-state index >= 15 is 0 Å². The van der Waals surface area contributed by atoms with Crippen molar-refractivity contribution < 1.29 is 27.9 Å². The predicted molar refractivity (Wildman–Crippen MR) is 69.5 cm³/mol. The van der Waals surface area contributed by atoms with Crippen molar-refractivity contribution in [3.8, 4) is 0 Å². The average molecular weight is 304 g/mol. The number of aliphatic hydroxyl groups is 1. The molecule has 0 aliphatic carbocycles. The first-order valence-electron chi connectivity index (χ1n) is 6.13. The van der Waals surface area contributed by atoms with Crippen LogP contribution in [0.15, 0.2) is 18.2 Å². The maximum Gasteiger partial charge on any atom is 0.416 e. The van der Waals surface area contributed by atoms with Crippen LogP contribution in [-0.4, -0.2) is 30.1 Å². The van der Waals surface area contributed by atoms with Crippen LogP contribution in [0, 0.1) is 6.92 Å². The molecule has 0 spiro atoms. The number of hydrogen-bond donors (Lipinski definition) is 3. The van der Waals surface area contributed by atoms with E-state index in [1.54, 1.807) is 0 Å². The monoisotopic (exact) mass is 304 g/mol. The van der Waals surface area contributed by atoms with Crippen LogP contribution in [0.5, 0.6) is 0 Å². The molecule has 1 aromatic rings. The highest BCUT2D eigenvalue weighted by molar-refractivity contribution is 6.39. The number of carbonyl (C=O) groups excluding carboxylic acids is 2. The van der Waals surface area contributed by atoms with Crippen LogP contribution >= 0.6 is 0 Å². The van der Waals surface area contributed by atoms with Gasteiger partial charge in [0, 0.05) is 18.8 Å². The molecule has 0 aliphatic rings. The zero-order valence-electron chi connectivity index (χ0n) is 11.3. The first-order valence-corrected chi connectivity index (χ1v) is 6.13. The molecular weight excluding hydrogens is 289 g/mol. The lowest BCUT2D eigenvalue weighted by Gasteiger charge is -2.12. The Hall–Kier alpha value is -2.09. The van der Waals surface area contributed by atoms with E-state index in [0.717, 1.165) is 6.07 Å². The van der Waals surface area contributed by atoms with Gasteiger partial charge < -0.3 is 15.7 Å². The van der Waals surface area contributed by atoms with E-state index in [4.69, 9.17) is 5.11 Å². The van der Waals surface area contributed by atoms with E-state index in [1.807, 2.05) is 0 Å². The molecule has 0 aliphatic heterocycles. The molecule has 1 rings (SSSR count). The minimum Gasteiger partial charge on any atom is -0.396 e. The lowest BCUT2D eigenvalue weighted by Crippen LogP contribution is -2.36. The maximum atomic E-state index is 12.7. The molecule has 5 nitrogen and oxygen atoms in total. The molecule has 0 fully saturated rings. The van der Waals surface area contributed by atoms with Gasteiger partial charge in [0.25, 0.3) is 0 Å². The van der Waals surface area contributed by atoms with Gasteiger partial charge in [0.15, 0.2) is 0 Å². The fourth-order valence-electron chi connectivity index (χ4n) is 1.55. The fraction of sp³-hybridized carbons (Fsp3) is 0.385. The molecule has 0 saturated heterocycles. The summed E-state index contributed by atoms with van der Waals surface area (Å²) in [5.41, 5.74) is -0.968. The summed E-state index contributed by atoms with van der Waals surface area (Å²) in [6.07, 6.45) is -4.25. The number of carbonyl (C=O) groups is 2. The van der Waals surface area contributed by atoms with Gasteiger partial charge in [-0.1, -0.05) is 6.07 Å². The first-order chi connectivity index (χ1) is 9.75. The predicted octanol–water partition coefficient (Wildman–Crippen LogP) is 1.45. The topological polar surface area (TPSA) is 78.4 Å². The summed E-state index contributed by atoms with van der Waals surface area (Å²) >= 11 is 0. The molecule has 3 N–H and O–H groups in total. The minimum atomic E-state index is -4.53. The number of alkyl halides is 3. The van der Waals surface area contributed by atoms with Gasteiger partial charge in [-0.3, -0.25) is 9.59 Å². The maximum absolute atomic E-state index is 12.7. The van der Waals surface area contributed by atoms with Crippen LogP contribution < -0.4 is 10.6 Å². The van der Waals surface area contributed by atoms with Crippen molar-refractivity contribution in [3.63, 3.8) is 0 Å². The summed E-state index contributed by atoms with van der Waals surface area (Å²) < 4.78 is 38.1. The van der Waals surface area contributed by atoms with E-state index in [0.29, 0.717) is 0 Å². The van der Waals surface area contributed by atoms with Crippen molar-refractivity contribution in [1.82, 2.24) is 5.32 Å². The average Bonchev–Trinajstić information content (AvgIpc) is 2.39. The summed E-state index contributed by atoms with van der Waals surface area (Å²) in [6.45, 7) is 1.26. The summed E-state index contributed by atoms with van der Waals surface area (Å²) in [4.78, 5) is 22.8. The Labute approximate surface area is 119 Å². The quantitative estimate of drug-likeness (QED) is 0.582. The van der Waals surface area contributed by atoms with Gasteiger partial charge >= 0.3 is 18.0 Å². The second-order valence-corrected chi connectivity index (χ2v) is 4.31. The van der Waals surface area contributed by atoms with Crippen molar-refractivity contribution in [2.24, 2.45) is 0 Å². The van der Waals surface area contributed by atoms with E-state index in [2.05, 4.69) is 10.6 Å². The van der Waals surface area contributed by atoms with E-state index in [1.165, 1.54) is 19.1 Å². The van der Waals surface area contributed by atoms with Gasteiger partial charge in [-0.25, -0.2) is 0 Å². The van der Waals surface area contributed by atoms with Crippen molar-refractivity contribution in [1.29, 1.82) is 0 Å². The molecule has 2 amide bonds. The number of aryl methyl sites for hydroxylation is 1.